The maximum atomic E-state index is 13.4. The van der Waals surface area contributed by atoms with Gasteiger partial charge in [0, 0.05) is 17.7 Å². The van der Waals surface area contributed by atoms with Crippen LogP contribution in [0.25, 0.3) is 16.7 Å². The van der Waals surface area contributed by atoms with E-state index >= 15 is 0 Å². The molecule has 1 aromatic heterocycles. The van der Waals surface area contributed by atoms with Crippen LogP contribution in [0.1, 0.15) is 51.0 Å². The van der Waals surface area contributed by atoms with Gasteiger partial charge in [-0.1, -0.05) is 6.07 Å². The fraction of sp³-hybridized carbons (Fsp3) is 0.417. The molecule has 0 bridgehead atoms. The third-order valence-corrected chi connectivity index (χ3v) is 7.75. The molecular weight excluding hydrogens is 442 g/mol. The molecule has 33 heavy (non-hydrogen) atoms. The van der Waals surface area contributed by atoms with E-state index in [9.17, 15) is 18.0 Å². The standard InChI is InChI=1S/C24H29N3O5S/c1-15(2)26-21-11-17(22(28)25-24(5)13-33(30,31)14-24)9-10-20(21)27(23(26)29)18-7-6-8-19(12-18)32-16(3)4/h6-12,15-16H,13-14H2,1-5H3,(H,25,28). The molecule has 2 heterocycles. The minimum atomic E-state index is -3.09. The number of amides is 1. The summed E-state index contributed by atoms with van der Waals surface area (Å²) in [6.45, 7) is 9.43. The lowest BCUT2D eigenvalue weighted by Crippen LogP contribution is -2.63. The molecule has 1 aliphatic heterocycles. The van der Waals surface area contributed by atoms with E-state index in [1.54, 1.807) is 34.3 Å². The monoisotopic (exact) mass is 471 g/mol. The lowest BCUT2D eigenvalue weighted by atomic mass is 10.1. The summed E-state index contributed by atoms with van der Waals surface area (Å²) >= 11 is 0. The maximum absolute atomic E-state index is 13.4. The predicted octanol–water partition coefficient (Wildman–Crippen LogP) is 3.08. The Kier molecular flexibility index (Phi) is 5.64. The molecule has 1 amide bonds. The minimum absolute atomic E-state index is 0.00237. The van der Waals surface area contributed by atoms with E-state index in [-0.39, 0.29) is 35.2 Å². The number of aromatic nitrogens is 2. The molecule has 0 unspecified atom stereocenters. The molecule has 0 radical (unpaired) electrons. The third kappa shape index (κ3) is 4.42. The van der Waals surface area contributed by atoms with E-state index in [2.05, 4.69) is 5.32 Å². The highest BCUT2D eigenvalue weighted by molar-refractivity contribution is 7.93. The number of ether oxygens (including phenoxy) is 1. The molecule has 0 aliphatic carbocycles. The number of imidazole rings is 1. The number of carbonyl (C=O) groups excluding carboxylic acids is 1. The average Bonchev–Trinajstić information content (AvgIpc) is 2.96. The third-order valence-electron chi connectivity index (χ3n) is 5.59. The van der Waals surface area contributed by atoms with Crippen LogP contribution < -0.4 is 15.7 Å². The van der Waals surface area contributed by atoms with E-state index in [1.165, 1.54) is 0 Å². The van der Waals surface area contributed by atoms with Crippen molar-refractivity contribution in [3.63, 3.8) is 0 Å². The van der Waals surface area contributed by atoms with Crippen LogP contribution in [0.2, 0.25) is 0 Å². The van der Waals surface area contributed by atoms with E-state index in [4.69, 9.17) is 4.74 Å². The Hall–Kier alpha value is -3.07. The molecule has 1 fully saturated rings. The molecule has 3 aromatic rings. The van der Waals surface area contributed by atoms with Crippen molar-refractivity contribution in [2.24, 2.45) is 0 Å². The Bertz CT molecular complexity index is 1390. The van der Waals surface area contributed by atoms with Crippen molar-refractivity contribution in [1.82, 2.24) is 14.5 Å². The van der Waals surface area contributed by atoms with Gasteiger partial charge in [-0.25, -0.2) is 13.2 Å². The zero-order valence-corrected chi connectivity index (χ0v) is 20.3. The summed E-state index contributed by atoms with van der Waals surface area (Å²) in [5, 5.41) is 2.83. The minimum Gasteiger partial charge on any atom is -0.491 e. The molecule has 4 rings (SSSR count). The largest absolute Gasteiger partial charge is 0.491 e. The molecule has 9 heteroatoms. The Morgan fingerprint density at radius 3 is 2.36 bits per heavy atom. The van der Waals surface area contributed by atoms with Gasteiger partial charge < -0.3 is 10.1 Å². The van der Waals surface area contributed by atoms with Crippen molar-refractivity contribution in [3.8, 4) is 11.4 Å². The van der Waals surface area contributed by atoms with Gasteiger partial charge in [-0.05, 0) is 65.0 Å². The first-order valence-corrected chi connectivity index (χ1v) is 12.8. The maximum Gasteiger partial charge on any atom is 0.333 e. The SMILES string of the molecule is CC(C)Oc1cccc(-n2c(=O)n(C(C)C)c3cc(C(=O)NC4(C)CS(=O)(=O)C4)ccc32)c1. The number of carbonyl (C=O) groups is 1. The van der Waals surface area contributed by atoms with Crippen molar-refractivity contribution < 1.29 is 17.9 Å². The lowest BCUT2D eigenvalue weighted by molar-refractivity contribution is 0.0917. The van der Waals surface area contributed by atoms with E-state index in [0.29, 0.717) is 28.0 Å². The van der Waals surface area contributed by atoms with E-state index in [1.807, 2.05) is 52.0 Å². The lowest BCUT2D eigenvalue weighted by Gasteiger charge is -2.38. The summed E-state index contributed by atoms with van der Waals surface area (Å²) in [5.74, 6) is 0.155. The fourth-order valence-corrected chi connectivity index (χ4v) is 6.43. The Morgan fingerprint density at radius 1 is 1.06 bits per heavy atom. The number of hydrogen-bond acceptors (Lipinski definition) is 5. The zero-order chi connectivity index (χ0) is 24.1. The van der Waals surface area contributed by atoms with Gasteiger partial charge in [0.05, 0.1) is 39.9 Å². The highest BCUT2D eigenvalue weighted by Crippen LogP contribution is 2.26. The molecule has 1 N–H and O–H groups in total. The summed E-state index contributed by atoms with van der Waals surface area (Å²) in [5.41, 5.74) is 1.36. The first kappa shape index (κ1) is 23.1. The van der Waals surface area contributed by atoms with Crippen molar-refractivity contribution in [2.75, 3.05) is 11.5 Å². The molecule has 176 valence electrons. The van der Waals surface area contributed by atoms with E-state index < -0.39 is 15.4 Å². The van der Waals surface area contributed by atoms with Crippen LogP contribution in [0, 0.1) is 0 Å². The highest BCUT2D eigenvalue weighted by atomic mass is 32.2. The Balaban J connectivity index is 1.78. The topological polar surface area (TPSA) is 99.4 Å². The number of fused-ring (bicyclic) bond motifs is 1. The molecule has 1 aliphatic rings. The molecule has 0 saturated carbocycles. The number of nitrogens with zero attached hydrogens (tertiary/aromatic N) is 2. The van der Waals surface area contributed by atoms with Crippen molar-refractivity contribution in [3.05, 3.63) is 58.5 Å². The van der Waals surface area contributed by atoms with Gasteiger partial charge in [0.15, 0.2) is 9.84 Å². The molecule has 8 nitrogen and oxygen atoms in total. The number of hydrogen-bond donors (Lipinski definition) is 1. The molecule has 0 spiro atoms. The van der Waals surface area contributed by atoms with Gasteiger partial charge in [-0.3, -0.25) is 13.9 Å². The van der Waals surface area contributed by atoms with Crippen molar-refractivity contribution in [2.45, 2.75) is 52.3 Å². The quantitative estimate of drug-likeness (QED) is 0.596. The van der Waals surface area contributed by atoms with Gasteiger partial charge in [0.25, 0.3) is 5.91 Å². The second-order valence-electron chi connectivity index (χ2n) is 9.50. The van der Waals surface area contributed by atoms with Crippen LogP contribution in [0.3, 0.4) is 0 Å². The number of nitrogens with one attached hydrogen (secondary N) is 1. The van der Waals surface area contributed by atoms with Crippen LogP contribution in [-0.4, -0.2) is 46.6 Å². The average molecular weight is 472 g/mol. The van der Waals surface area contributed by atoms with Gasteiger partial charge in [-0.15, -0.1) is 0 Å². The first-order valence-electron chi connectivity index (χ1n) is 11.0. The molecule has 1 saturated heterocycles. The second kappa shape index (κ2) is 8.06. The fourth-order valence-electron chi connectivity index (χ4n) is 4.42. The van der Waals surface area contributed by atoms with E-state index in [0.717, 1.165) is 0 Å². The highest BCUT2D eigenvalue weighted by Gasteiger charge is 2.45. The van der Waals surface area contributed by atoms with Crippen molar-refractivity contribution in [1.29, 1.82) is 0 Å². The van der Waals surface area contributed by atoms with Crippen LogP contribution in [0.15, 0.2) is 47.3 Å². The number of sulfone groups is 1. The second-order valence-corrected chi connectivity index (χ2v) is 11.6. The van der Waals surface area contributed by atoms with Crippen molar-refractivity contribution >= 4 is 26.8 Å². The molecular formula is C24H29N3O5S. The Morgan fingerprint density at radius 2 is 1.76 bits per heavy atom. The summed E-state index contributed by atoms with van der Waals surface area (Å²) in [4.78, 5) is 26.3. The summed E-state index contributed by atoms with van der Waals surface area (Å²) in [6, 6.07) is 12.3. The zero-order valence-electron chi connectivity index (χ0n) is 19.5. The summed E-state index contributed by atoms with van der Waals surface area (Å²) < 4.78 is 32.2. The predicted molar refractivity (Wildman–Crippen MR) is 128 cm³/mol. The van der Waals surface area contributed by atoms with Gasteiger partial charge in [0.2, 0.25) is 0 Å². The molecule has 0 atom stereocenters. The summed E-state index contributed by atoms with van der Waals surface area (Å²) in [6.07, 6.45) is 0.00237. The normalized spacial score (nSPS) is 16.7. The Labute approximate surface area is 193 Å². The smallest absolute Gasteiger partial charge is 0.333 e. The molecule has 2 aromatic carbocycles. The van der Waals surface area contributed by atoms with Gasteiger partial charge in [0.1, 0.15) is 5.75 Å². The van der Waals surface area contributed by atoms with Gasteiger partial charge in [-0.2, -0.15) is 0 Å². The number of rotatable bonds is 6. The van der Waals surface area contributed by atoms with Crippen LogP contribution >= 0.6 is 0 Å². The number of benzene rings is 2. The van der Waals surface area contributed by atoms with Crippen LogP contribution in [0.4, 0.5) is 0 Å². The van der Waals surface area contributed by atoms with Crippen LogP contribution in [-0.2, 0) is 9.84 Å². The van der Waals surface area contributed by atoms with Gasteiger partial charge >= 0.3 is 5.69 Å². The first-order chi connectivity index (χ1) is 15.4. The summed E-state index contributed by atoms with van der Waals surface area (Å²) in [7, 11) is -3.09. The van der Waals surface area contributed by atoms with Crippen LogP contribution in [0.5, 0.6) is 5.75 Å².